The number of nitriles is 1. The van der Waals surface area contributed by atoms with Crippen LogP contribution in [0.5, 0.6) is 5.75 Å². The van der Waals surface area contributed by atoms with Crippen LogP contribution in [-0.4, -0.2) is 18.2 Å². The van der Waals surface area contributed by atoms with Crippen molar-refractivity contribution < 1.29 is 14.6 Å². The number of carboxylic acids is 1. The van der Waals surface area contributed by atoms with Gasteiger partial charge >= 0.3 is 5.97 Å². The predicted octanol–water partition coefficient (Wildman–Crippen LogP) is 1.83. The average Bonchev–Trinajstić information content (AvgIpc) is 2.26. The number of carboxylic acid groups (broad SMARTS) is 1. The fourth-order valence-electron chi connectivity index (χ4n) is 1.35. The molecule has 0 radical (unpaired) electrons. The molecule has 0 aliphatic rings. The second-order valence-electron chi connectivity index (χ2n) is 2.99. The maximum absolute atomic E-state index is 10.9. The minimum absolute atomic E-state index is 0.0720. The summed E-state index contributed by atoms with van der Waals surface area (Å²) in [6.07, 6.45) is 0.727. The largest absolute Gasteiger partial charge is 0.496 e. The highest BCUT2D eigenvalue weighted by atomic mass is 16.5. The molecule has 0 unspecified atom stereocenters. The van der Waals surface area contributed by atoms with Gasteiger partial charge in [0.1, 0.15) is 17.4 Å². The molecule has 15 heavy (non-hydrogen) atoms. The van der Waals surface area contributed by atoms with Crippen LogP contribution in [0.4, 0.5) is 0 Å². The van der Waals surface area contributed by atoms with Gasteiger partial charge in [-0.15, -0.1) is 0 Å². The summed E-state index contributed by atoms with van der Waals surface area (Å²) in [6.45, 7) is 1.93. The van der Waals surface area contributed by atoms with Crippen LogP contribution in [0, 0.1) is 11.3 Å². The molecule has 0 saturated heterocycles. The van der Waals surface area contributed by atoms with Crippen molar-refractivity contribution in [1.82, 2.24) is 0 Å². The Morgan fingerprint density at radius 3 is 2.67 bits per heavy atom. The smallest absolute Gasteiger partial charge is 0.340 e. The zero-order chi connectivity index (χ0) is 11.4. The molecule has 0 aliphatic carbocycles. The second-order valence-corrected chi connectivity index (χ2v) is 2.99. The fraction of sp³-hybridized carbons (Fsp3) is 0.273. The van der Waals surface area contributed by atoms with E-state index in [9.17, 15) is 4.79 Å². The lowest BCUT2D eigenvalue weighted by Gasteiger charge is -2.08. The second kappa shape index (κ2) is 4.47. The summed E-state index contributed by atoms with van der Waals surface area (Å²) < 4.78 is 4.96. The number of rotatable bonds is 3. The summed E-state index contributed by atoms with van der Waals surface area (Å²) in [5.74, 6) is -0.913. The van der Waals surface area contributed by atoms with E-state index in [0.29, 0.717) is 0 Å². The van der Waals surface area contributed by atoms with Crippen LogP contribution in [0.2, 0.25) is 0 Å². The highest BCUT2D eigenvalue weighted by Gasteiger charge is 2.17. The zero-order valence-corrected chi connectivity index (χ0v) is 8.57. The molecule has 1 aromatic rings. The first-order chi connectivity index (χ1) is 7.13. The number of hydrogen-bond acceptors (Lipinski definition) is 3. The summed E-state index contributed by atoms with van der Waals surface area (Å²) >= 11 is 0. The van der Waals surface area contributed by atoms with Crippen molar-refractivity contribution in [3.8, 4) is 11.8 Å². The van der Waals surface area contributed by atoms with E-state index in [-0.39, 0.29) is 16.9 Å². The van der Waals surface area contributed by atoms with Crippen molar-refractivity contribution in [2.45, 2.75) is 13.3 Å². The molecule has 1 aromatic carbocycles. The standard InChI is InChI=1S/C11H11NO3/c1-3-7-4-8(6-12)10(11(13)14)9(5-7)15-2/h4-5H,3H2,1-2H3,(H,13,14). The zero-order valence-electron chi connectivity index (χ0n) is 8.57. The summed E-state index contributed by atoms with van der Waals surface area (Å²) in [6, 6.07) is 5.08. The molecule has 1 rings (SSSR count). The van der Waals surface area contributed by atoms with Gasteiger partial charge in [0.05, 0.1) is 12.7 Å². The molecule has 0 heterocycles. The molecular weight excluding hydrogens is 194 g/mol. The Bertz CT molecular complexity index is 432. The molecule has 4 heteroatoms. The monoisotopic (exact) mass is 205 g/mol. The van der Waals surface area contributed by atoms with E-state index in [1.165, 1.54) is 7.11 Å². The van der Waals surface area contributed by atoms with Crippen molar-refractivity contribution in [2.24, 2.45) is 0 Å². The number of nitrogens with zero attached hydrogens (tertiary/aromatic N) is 1. The topological polar surface area (TPSA) is 70.3 Å². The SMILES string of the molecule is CCc1cc(C#N)c(C(=O)O)c(OC)c1. The maximum Gasteiger partial charge on any atom is 0.340 e. The Labute approximate surface area is 87.7 Å². The molecule has 0 atom stereocenters. The van der Waals surface area contributed by atoms with Crippen molar-refractivity contribution in [3.63, 3.8) is 0 Å². The number of aromatic carboxylic acids is 1. The summed E-state index contributed by atoms with van der Waals surface area (Å²) in [7, 11) is 1.39. The van der Waals surface area contributed by atoms with E-state index >= 15 is 0 Å². The van der Waals surface area contributed by atoms with E-state index in [2.05, 4.69) is 0 Å². The lowest BCUT2D eigenvalue weighted by atomic mass is 10.0. The third-order valence-electron chi connectivity index (χ3n) is 2.12. The van der Waals surface area contributed by atoms with Crippen LogP contribution in [0.3, 0.4) is 0 Å². The lowest BCUT2D eigenvalue weighted by molar-refractivity contribution is 0.0693. The molecule has 0 spiro atoms. The van der Waals surface area contributed by atoms with Crippen molar-refractivity contribution in [2.75, 3.05) is 7.11 Å². The number of methoxy groups -OCH3 is 1. The van der Waals surface area contributed by atoms with Gasteiger partial charge in [0.2, 0.25) is 0 Å². The third kappa shape index (κ3) is 2.08. The Kier molecular flexibility index (Phi) is 3.29. The van der Waals surface area contributed by atoms with Crippen molar-refractivity contribution in [3.05, 3.63) is 28.8 Å². The number of ether oxygens (including phenoxy) is 1. The van der Waals surface area contributed by atoms with Crippen LogP contribution in [-0.2, 0) is 6.42 Å². The van der Waals surface area contributed by atoms with Gasteiger partial charge in [-0.25, -0.2) is 4.79 Å². The normalized spacial score (nSPS) is 9.40. The summed E-state index contributed by atoms with van der Waals surface area (Å²) in [4.78, 5) is 10.9. The van der Waals surface area contributed by atoms with Gasteiger partial charge in [0, 0.05) is 0 Å². The van der Waals surface area contributed by atoms with Crippen LogP contribution in [0.25, 0.3) is 0 Å². The highest BCUT2D eigenvalue weighted by Crippen LogP contribution is 2.24. The number of hydrogen-bond donors (Lipinski definition) is 1. The minimum Gasteiger partial charge on any atom is -0.496 e. The van der Waals surface area contributed by atoms with Crippen LogP contribution in [0.1, 0.15) is 28.4 Å². The van der Waals surface area contributed by atoms with Gasteiger partial charge in [-0.3, -0.25) is 0 Å². The fourth-order valence-corrected chi connectivity index (χ4v) is 1.35. The molecular formula is C11H11NO3. The summed E-state index contributed by atoms with van der Waals surface area (Å²) in [5, 5.41) is 17.8. The maximum atomic E-state index is 10.9. The molecule has 0 bridgehead atoms. The Balaban J connectivity index is 3.48. The van der Waals surface area contributed by atoms with Crippen LogP contribution >= 0.6 is 0 Å². The highest BCUT2D eigenvalue weighted by molar-refractivity contribution is 5.94. The van der Waals surface area contributed by atoms with E-state index < -0.39 is 5.97 Å². The lowest BCUT2D eigenvalue weighted by Crippen LogP contribution is -2.05. The molecule has 0 saturated carbocycles. The molecule has 0 amide bonds. The van der Waals surface area contributed by atoms with Crippen LogP contribution in [0.15, 0.2) is 12.1 Å². The first kappa shape index (κ1) is 11.1. The molecule has 0 aliphatic heterocycles. The minimum atomic E-state index is -1.15. The van der Waals surface area contributed by atoms with E-state index in [0.717, 1.165) is 12.0 Å². The van der Waals surface area contributed by atoms with Crippen molar-refractivity contribution in [1.29, 1.82) is 5.26 Å². The summed E-state index contributed by atoms with van der Waals surface area (Å²) in [5.41, 5.74) is 0.948. The van der Waals surface area contributed by atoms with Gasteiger partial charge in [0.15, 0.2) is 0 Å². The number of carbonyl (C=O) groups is 1. The van der Waals surface area contributed by atoms with Gasteiger partial charge in [-0.05, 0) is 24.1 Å². The Morgan fingerprint density at radius 2 is 2.27 bits per heavy atom. The first-order valence-electron chi connectivity index (χ1n) is 4.48. The molecule has 4 nitrogen and oxygen atoms in total. The van der Waals surface area contributed by atoms with Crippen molar-refractivity contribution >= 4 is 5.97 Å². The number of benzene rings is 1. The quantitative estimate of drug-likeness (QED) is 0.817. The van der Waals surface area contributed by atoms with E-state index in [1.54, 1.807) is 12.1 Å². The molecule has 1 N–H and O–H groups in total. The third-order valence-corrected chi connectivity index (χ3v) is 2.12. The van der Waals surface area contributed by atoms with Gasteiger partial charge in [-0.1, -0.05) is 6.92 Å². The van der Waals surface area contributed by atoms with E-state index in [4.69, 9.17) is 15.1 Å². The Hall–Kier alpha value is -2.02. The Morgan fingerprint density at radius 1 is 1.60 bits per heavy atom. The molecule has 0 fully saturated rings. The predicted molar refractivity (Wildman–Crippen MR) is 54.0 cm³/mol. The van der Waals surface area contributed by atoms with Gasteiger partial charge in [0.25, 0.3) is 0 Å². The van der Waals surface area contributed by atoms with Crippen LogP contribution < -0.4 is 4.74 Å². The molecule has 0 aromatic heterocycles. The van der Waals surface area contributed by atoms with Gasteiger partial charge in [-0.2, -0.15) is 5.26 Å². The van der Waals surface area contributed by atoms with Gasteiger partial charge < -0.3 is 9.84 Å². The number of aryl methyl sites for hydroxylation is 1. The first-order valence-corrected chi connectivity index (χ1v) is 4.48. The van der Waals surface area contributed by atoms with E-state index in [1.807, 2.05) is 13.0 Å². The average molecular weight is 205 g/mol. The molecule has 78 valence electrons.